The molecule has 0 saturated carbocycles. The SMILES string of the molecule is CNC(=O)C1CCN(C(=O)c2cccn2Cc2cccs2)CC1. The third kappa shape index (κ3) is 3.47. The highest BCUT2D eigenvalue weighted by Crippen LogP contribution is 2.20. The minimum absolute atomic E-state index is 0.0296. The van der Waals surface area contributed by atoms with E-state index in [1.54, 1.807) is 18.4 Å². The lowest BCUT2D eigenvalue weighted by Gasteiger charge is -2.31. The molecule has 0 aromatic carbocycles. The van der Waals surface area contributed by atoms with Gasteiger partial charge in [-0.25, -0.2) is 0 Å². The molecule has 2 aromatic heterocycles. The molecule has 3 rings (SSSR count). The van der Waals surface area contributed by atoms with E-state index in [4.69, 9.17) is 0 Å². The maximum atomic E-state index is 12.8. The van der Waals surface area contributed by atoms with E-state index in [0.29, 0.717) is 13.1 Å². The van der Waals surface area contributed by atoms with Crippen LogP contribution in [0.25, 0.3) is 0 Å². The van der Waals surface area contributed by atoms with Gasteiger partial charge in [0.25, 0.3) is 5.91 Å². The number of carbonyl (C=O) groups excluding carboxylic acids is 2. The number of piperidine rings is 1. The summed E-state index contributed by atoms with van der Waals surface area (Å²) in [5.74, 6) is 0.169. The third-order valence-electron chi connectivity index (χ3n) is 4.35. The predicted molar refractivity (Wildman–Crippen MR) is 90.5 cm³/mol. The normalized spacial score (nSPS) is 15.6. The van der Waals surface area contributed by atoms with Gasteiger partial charge in [0.2, 0.25) is 5.91 Å². The minimum atomic E-state index is 0.0296. The van der Waals surface area contributed by atoms with Crippen molar-refractivity contribution >= 4 is 23.2 Å². The fraction of sp³-hybridized carbons (Fsp3) is 0.412. The van der Waals surface area contributed by atoms with Crippen LogP contribution < -0.4 is 5.32 Å². The number of likely N-dealkylation sites (tertiary alicyclic amines) is 1. The van der Waals surface area contributed by atoms with Crippen molar-refractivity contribution < 1.29 is 9.59 Å². The molecule has 0 radical (unpaired) electrons. The van der Waals surface area contributed by atoms with Gasteiger partial charge in [-0.2, -0.15) is 0 Å². The molecule has 0 spiro atoms. The number of amides is 2. The number of nitrogens with zero attached hydrogens (tertiary/aromatic N) is 2. The monoisotopic (exact) mass is 331 g/mol. The number of aromatic nitrogens is 1. The molecule has 2 aromatic rings. The van der Waals surface area contributed by atoms with Gasteiger partial charge in [-0.05, 0) is 36.4 Å². The zero-order chi connectivity index (χ0) is 16.2. The van der Waals surface area contributed by atoms with Gasteiger partial charge in [0.05, 0.1) is 6.54 Å². The van der Waals surface area contributed by atoms with E-state index in [0.717, 1.165) is 25.1 Å². The zero-order valence-corrected chi connectivity index (χ0v) is 14.0. The number of rotatable bonds is 4. The maximum absolute atomic E-state index is 12.8. The van der Waals surface area contributed by atoms with Crippen LogP contribution in [0.2, 0.25) is 0 Å². The molecular formula is C17H21N3O2S. The topological polar surface area (TPSA) is 54.3 Å². The van der Waals surface area contributed by atoms with Gasteiger partial charge in [-0.1, -0.05) is 6.07 Å². The Hall–Kier alpha value is -2.08. The summed E-state index contributed by atoms with van der Waals surface area (Å²) in [6, 6.07) is 7.89. The highest BCUT2D eigenvalue weighted by Gasteiger charge is 2.28. The van der Waals surface area contributed by atoms with Crippen LogP contribution in [-0.4, -0.2) is 41.4 Å². The lowest BCUT2D eigenvalue weighted by atomic mass is 9.96. The molecule has 5 nitrogen and oxygen atoms in total. The Labute approximate surface area is 139 Å². The van der Waals surface area contributed by atoms with Crippen LogP contribution in [0.3, 0.4) is 0 Å². The average Bonchev–Trinajstić information content (AvgIpc) is 3.26. The Morgan fingerprint density at radius 2 is 2.04 bits per heavy atom. The Morgan fingerprint density at radius 1 is 1.26 bits per heavy atom. The number of carbonyl (C=O) groups is 2. The number of thiophene rings is 1. The fourth-order valence-electron chi connectivity index (χ4n) is 3.03. The number of nitrogens with one attached hydrogen (secondary N) is 1. The molecule has 1 aliphatic rings. The molecule has 122 valence electrons. The summed E-state index contributed by atoms with van der Waals surface area (Å²) in [6.45, 7) is 2.00. The average molecular weight is 331 g/mol. The molecule has 2 amide bonds. The van der Waals surface area contributed by atoms with Crippen LogP contribution in [0.1, 0.15) is 28.2 Å². The van der Waals surface area contributed by atoms with E-state index in [9.17, 15) is 9.59 Å². The van der Waals surface area contributed by atoms with Crippen molar-refractivity contribution in [2.45, 2.75) is 19.4 Å². The van der Waals surface area contributed by atoms with Crippen molar-refractivity contribution in [1.82, 2.24) is 14.8 Å². The van der Waals surface area contributed by atoms with Crippen LogP contribution in [0, 0.1) is 5.92 Å². The molecule has 0 bridgehead atoms. The molecule has 0 atom stereocenters. The lowest BCUT2D eigenvalue weighted by molar-refractivity contribution is -0.125. The van der Waals surface area contributed by atoms with Crippen molar-refractivity contribution in [1.29, 1.82) is 0 Å². The smallest absolute Gasteiger partial charge is 0.270 e. The second kappa shape index (κ2) is 7.00. The summed E-state index contributed by atoms with van der Waals surface area (Å²) in [4.78, 5) is 27.5. The predicted octanol–water partition coefficient (Wildman–Crippen LogP) is 2.20. The molecule has 0 unspecified atom stereocenters. The van der Waals surface area contributed by atoms with Crippen LogP contribution in [-0.2, 0) is 11.3 Å². The zero-order valence-electron chi connectivity index (χ0n) is 13.2. The Kier molecular flexibility index (Phi) is 4.81. The first-order valence-corrected chi connectivity index (χ1v) is 8.75. The Morgan fingerprint density at radius 3 is 2.70 bits per heavy atom. The molecule has 3 heterocycles. The van der Waals surface area contributed by atoms with Gasteiger partial charge in [0, 0.05) is 37.1 Å². The van der Waals surface area contributed by atoms with Gasteiger partial charge in [0.1, 0.15) is 5.69 Å². The van der Waals surface area contributed by atoms with Crippen molar-refractivity contribution in [3.63, 3.8) is 0 Å². The third-order valence-corrected chi connectivity index (χ3v) is 5.22. The molecule has 1 saturated heterocycles. The van der Waals surface area contributed by atoms with Gasteiger partial charge in [-0.3, -0.25) is 9.59 Å². The second-order valence-corrected chi connectivity index (χ2v) is 6.81. The first-order valence-electron chi connectivity index (χ1n) is 7.87. The van der Waals surface area contributed by atoms with E-state index in [-0.39, 0.29) is 17.7 Å². The quantitative estimate of drug-likeness (QED) is 0.934. The molecule has 1 aliphatic heterocycles. The van der Waals surface area contributed by atoms with E-state index in [1.165, 1.54) is 4.88 Å². The molecule has 0 aliphatic carbocycles. The van der Waals surface area contributed by atoms with Gasteiger partial charge in [-0.15, -0.1) is 11.3 Å². The van der Waals surface area contributed by atoms with Crippen LogP contribution in [0.4, 0.5) is 0 Å². The molecule has 6 heteroatoms. The van der Waals surface area contributed by atoms with Crippen molar-refractivity contribution in [3.05, 3.63) is 46.4 Å². The fourth-order valence-corrected chi connectivity index (χ4v) is 3.73. The largest absolute Gasteiger partial charge is 0.359 e. The van der Waals surface area contributed by atoms with Crippen molar-refractivity contribution in [2.24, 2.45) is 5.92 Å². The Bertz CT molecular complexity index is 670. The maximum Gasteiger partial charge on any atom is 0.270 e. The number of hydrogen-bond donors (Lipinski definition) is 1. The Balaban J connectivity index is 1.65. The van der Waals surface area contributed by atoms with Crippen molar-refractivity contribution in [2.75, 3.05) is 20.1 Å². The first-order chi connectivity index (χ1) is 11.2. The highest BCUT2D eigenvalue weighted by molar-refractivity contribution is 7.09. The summed E-state index contributed by atoms with van der Waals surface area (Å²) in [5, 5.41) is 4.74. The second-order valence-electron chi connectivity index (χ2n) is 5.78. The molecule has 1 N–H and O–H groups in total. The minimum Gasteiger partial charge on any atom is -0.359 e. The van der Waals surface area contributed by atoms with Gasteiger partial charge >= 0.3 is 0 Å². The van der Waals surface area contributed by atoms with Crippen LogP contribution in [0.5, 0.6) is 0 Å². The first kappa shape index (κ1) is 15.8. The van der Waals surface area contributed by atoms with E-state index in [2.05, 4.69) is 11.4 Å². The van der Waals surface area contributed by atoms with Crippen molar-refractivity contribution in [3.8, 4) is 0 Å². The summed E-state index contributed by atoms with van der Waals surface area (Å²) >= 11 is 1.69. The van der Waals surface area contributed by atoms with Crippen LogP contribution in [0.15, 0.2) is 35.8 Å². The van der Waals surface area contributed by atoms with E-state index < -0.39 is 0 Å². The summed E-state index contributed by atoms with van der Waals surface area (Å²) in [6.07, 6.45) is 3.42. The van der Waals surface area contributed by atoms with Gasteiger partial charge in [0.15, 0.2) is 0 Å². The number of hydrogen-bond acceptors (Lipinski definition) is 3. The highest BCUT2D eigenvalue weighted by atomic mass is 32.1. The van der Waals surface area contributed by atoms with Crippen LogP contribution >= 0.6 is 11.3 Å². The summed E-state index contributed by atoms with van der Waals surface area (Å²) < 4.78 is 2.00. The van der Waals surface area contributed by atoms with E-state index in [1.807, 2.05) is 39.2 Å². The molecule has 23 heavy (non-hydrogen) atoms. The van der Waals surface area contributed by atoms with Gasteiger partial charge < -0.3 is 14.8 Å². The lowest BCUT2D eigenvalue weighted by Crippen LogP contribution is -2.42. The standard InChI is InChI=1S/C17H21N3O2S/c1-18-16(21)13-6-9-19(10-7-13)17(22)15-5-2-8-20(15)12-14-4-3-11-23-14/h2-5,8,11,13H,6-7,9-10,12H2,1H3,(H,18,21). The summed E-state index contributed by atoms with van der Waals surface area (Å²) in [5.41, 5.74) is 0.719. The van der Waals surface area contributed by atoms with E-state index >= 15 is 0 Å². The molecular weight excluding hydrogens is 310 g/mol. The molecule has 1 fully saturated rings. The summed E-state index contributed by atoms with van der Waals surface area (Å²) in [7, 11) is 1.66.